The molecule has 0 spiro atoms. The number of hydrogen-bond donors (Lipinski definition) is 1. The van der Waals surface area contributed by atoms with E-state index in [-0.39, 0.29) is 6.10 Å². The number of aromatic carboxylic acids is 1. The average Bonchev–Trinajstić information content (AvgIpc) is 2.77. The molecule has 2 rings (SSSR count). The van der Waals surface area contributed by atoms with Crippen LogP contribution in [0.4, 0.5) is 5.69 Å². The van der Waals surface area contributed by atoms with Crippen LogP contribution in [0.1, 0.15) is 16.8 Å². The first-order valence-electron chi connectivity index (χ1n) is 5.32. The van der Waals surface area contributed by atoms with E-state index in [1.165, 1.54) is 0 Å². The van der Waals surface area contributed by atoms with Crippen LogP contribution in [0.5, 0.6) is 0 Å². The van der Waals surface area contributed by atoms with E-state index in [4.69, 9.17) is 9.84 Å². The van der Waals surface area contributed by atoms with Crippen molar-refractivity contribution in [1.29, 1.82) is 0 Å². The highest BCUT2D eigenvalue weighted by Gasteiger charge is 2.24. The Morgan fingerprint density at radius 3 is 2.88 bits per heavy atom. The number of carboxylic acids is 1. The van der Waals surface area contributed by atoms with Gasteiger partial charge >= 0.3 is 5.97 Å². The summed E-state index contributed by atoms with van der Waals surface area (Å²) < 4.78 is 5.27. The van der Waals surface area contributed by atoms with Gasteiger partial charge in [-0.1, -0.05) is 12.1 Å². The number of methoxy groups -OCH3 is 1. The number of anilines is 1. The normalized spacial score (nSPS) is 20.1. The van der Waals surface area contributed by atoms with Crippen molar-refractivity contribution in [3.63, 3.8) is 0 Å². The molecule has 1 aromatic carbocycles. The van der Waals surface area contributed by atoms with Crippen LogP contribution in [0.2, 0.25) is 0 Å². The van der Waals surface area contributed by atoms with Gasteiger partial charge in [-0.15, -0.1) is 0 Å². The van der Waals surface area contributed by atoms with Crippen molar-refractivity contribution in [2.75, 3.05) is 25.1 Å². The Labute approximate surface area is 94.4 Å². The molecule has 16 heavy (non-hydrogen) atoms. The summed E-state index contributed by atoms with van der Waals surface area (Å²) in [7, 11) is 1.69. The maximum atomic E-state index is 11.1. The maximum absolute atomic E-state index is 11.1. The van der Waals surface area contributed by atoms with Gasteiger partial charge in [-0.25, -0.2) is 4.79 Å². The van der Waals surface area contributed by atoms with E-state index in [0.29, 0.717) is 5.56 Å². The molecule has 0 saturated carbocycles. The fraction of sp³-hybridized carbons (Fsp3) is 0.417. The lowest BCUT2D eigenvalue weighted by Gasteiger charge is -2.20. The first kappa shape index (κ1) is 11.0. The zero-order valence-corrected chi connectivity index (χ0v) is 9.22. The van der Waals surface area contributed by atoms with E-state index in [1.54, 1.807) is 19.2 Å². The van der Waals surface area contributed by atoms with Crippen molar-refractivity contribution < 1.29 is 14.6 Å². The molecule has 1 fully saturated rings. The fourth-order valence-electron chi connectivity index (χ4n) is 2.07. The lowest BCUT2D eigenvalue weighted by molar-refractivity contribution is 0.0697. The van der Waals surface area contributed by atoms with Crippen LogP contribution in [0.15, 0.2) is 24.3 Å². The molecule has 1 saturated heterocycles. The third-order valence-electron chi connectivity index (χ3n) is 2.95. The Kier molecular flexibility index (Phi) is 3.10. The molecular formula is C12H15NO3. The molecule has 0 aromatic heterocycles. The largest absolute Gasteiger partial charge is 0.478 e. The molecule has 0 bridgehead atoms. The maximum Gasteiger partial charge on any atom is 0.337 e. The zero-order valence-electron chi connectivity index (χ0n) is 9.22. The molecule has 0 radical (unpaired) electrons. The van der Waals surface area contributed by atoms with E-state index >= 15 is 0 Å². The molecular weight excluding hydrogens is 206 g/mol. The standard InChI is InChI=1S/C12H15NO3/c1-16-9-6-7-13(8-9)11-5-3-2-4-10(11)12(14)15/h2-5,9H,6-8H2,1H3,(H,14,15)/t9-/m1/s1. The minimum atomic E-state index is -0.878. The third kappa shape index (κ3) is 2.02. The van der Waals surface area contributed by atoms with E-state index in [9.17, 15) is 4.79 Å². The predicted molar refractivity (Wildman–Crippen MR) is 61.0 cm³/mol. The van der Waals surface area contributed by atoms with Crippen molar-refractivity contribution >= 4 is 11.7 Å². The molecule has 1 aliphatic rings. The minimum absolute atomic E-state index is 0.210. The second-order valence-electron chi connectivity index (χ2n) is 3.91. The fourth-order valence-corrected chi connectivity index (χ4v) is 2.07. The molecule has 1 atom stereocenters. The lowest BCUT2D eigenvalue weighted by Crippen LogP contribution is -2.24. The zero-order chi connectivity index (χ0) is 11.5. The summed E-state index contributed by atoms with van der Waals surface area (Å²) in [6.45, 7) is 1.61. The van der Waals surface area contributed by atoms with Crippen molar-refractivity contribution in [3.8, 4) is 0 Å². The summed E-state index contributed by atoms with van der Waals surface area (Å²) in [4.78, 5) is 13.1. The summed E-state index contributed by atoms with van der Waals surface area (Å²) in [5.74, 6) is -0.878. The van der Waals surface area contributed by atoms with Crippen LogP contribution >= 0.6 is 0 Å². The molecule has 86 valence electrons. The van der Waals surface area contributed by atoms with Crippen LogP contribution in [-0.2, 0) is 4.74 Å². The van der Waals surface area contributed by atoms with Gasteiger partial charge in [0.15, 0.2) is 0 Å². The van der Waals surface area contributed by atoms with Gasteiger partial charge in [-0.2, -0.15) is 0 Å². The molecule has 1 N–H and O–H groups in total. The van der Waals surface area contributed by atoms with E-state index in [2.05, 4.69) is 4.90 Å². The van der Waals surface area contributed by atoms with E-state index < -0.39 is 5.97 Å². The molecule has 1 aliphatic heterocycles. The molecule has 1 heterocycles. The minimum Gasteiger partial charge on any atom is -0.478 e. The van der Waals surface area contributed by atoms with Gasteiger partial charge in [0, 0.05) is 20.2 Å². The summed E-state index contributed by atoms with van der Waals surface area (Å²) in [6, 6.07) is 7.10. The van der Waals surface area contributed by atoms with Crippen LogP contribution in [0.25, 0.3) is 0 Å². The summed E-state index contributed by atoms with van der Waals surface area (Å²) >= 11 is 0. The third-order valence-corrected chi connectivity index (χ3v) is 2.95. The van der Waals surface area contributed by atoms with Crippen LogP contribution < -0.4 is 4.90 Å². The van der Waals surface area contributed by atoms with Gasteiger partial charge < -0.3 is 14.7 Å². The summed E-state index contributed by atoms with van der Waals surface area (Å²) in [5.41, 5.74) is 1.15. The van der Waals surface area contributed by atoms with Gasteiger partial charge in [0.25, 0.3) is 0 Å². The van der Waals surface area contributed by atoms with Crippen molar-refractivity contribution in [1.82, 2.24) is 0 Å². The number of carboxylic acid groups (broad SMARTS) is 1. The van der Waals surface area contributed by atoms with Crippen molar-refractivity contribution in [3.05, 3.63) is 29.8 Å². The molecule has 1 aromatic rings. The van der Waals surface area contributed by atoms with E-state index in [1.807, 2.05) is 12.1 Å². The number of hydrogen-bond acceptors (Lipinski definition) is 3. The van der Waals surface area contributed by atoms with Gasteiger partial charge in [-0.05, 0) is 18.6 Å². The predicted octanol–water partition coefficient (Wildman–Crippen LogP) is 1.61. The summed E-state index contributed by atoms with van der Waals surface area (Å²) in [5, 5.41) is 9.09. The highest BCUT2D eigenvalue weighted by Crippen LogP contribution is 2.25. The topological polar surface area (TPSA) is 49.8 Å². The first-order valence-corrected chi connectivity index (χ1v) is 5.32. The SMILES string of the molecule is CO[C@@H]1CCN(c2ccccc2C(=O)O)C1. The molecule has 4 heteroatoms. The molecule has 0 amide bonds. The summed E-state index contributed by atoms with van der Waals surface area (Å²) in [6.07, 6.45) is 1.16. The van der Waals surface area contributed by atoms with Gasteiger partial charge in [0.05, 0.1) is 17.4 Å². The Balaban J connectivity index is 2.24. The second-order valence-corrected chi connectivity index (χ2v) is 3.91. The Morgan fingerprint density at radius 1 is 1.50 bits per heavy atom. The Bertz CT molecular complexity index is 392. The first-order chi connectivity index (χ1) is 7.72. The Hall–Kier alpha value is -1.55. The smallest absolute Gasteiger partial charge is 0.337 e. The van der Waals surface area contributed by atoms with E-state index in [0.717, 1.165) is 25.2 Å². The van der Waals surface area contributed by atoms with Gasteiger partial charge in [0.2, 0.25) is 0 Å². The number of nitrogens with zero attached hydrogens (tertiary/aromatic N) is 1. The molecule has 4 nitrogen and oxygen atoms in total. The quantitative estimate of drug-likeness (QED) is 0.842. The highest BCUT2D eigenvalue weighted by atomic mass is 16.5. The van der Waals surface area contributed by atoms with Gasteiger partial charge in [-0.3, -0.25) is 0 Å². The van der Waals surface area contributed by atoms with Crippen molar-refractivity contribution in [2.24, 2.45) is 0 Å². The second kappa shape index (κ2) is 4.53. The van der Waals surface area contributed by atoms with Crippen LogP contribution in [0.3, 0.4) is 0 Å². The lowest BCUT2D eigenvalue weighted by atomic mass is 10.1. The average molecular weight is 221 g/mol. The van der Waals surface area contributed by atoms with Gasteiger partial charge in [0.1, 0.15) is 0 Å². The van der Waals surface area contributed by atoms with Crippen molar-refractivity contribution in [2.45, 2.75) is 12.5 Å². The number of ether oxygens (including phenoxy) is 1. The molecule has 0 unspecified atom stereocenters. The number of benzene rings is 1. The highest BCUT2D eigenvalue weighted by molar-refractivity contribution is 5.94. The number of carbonyl (C=O) groups is 1. The van der Waals surface area contributed by atoms with Crippen LogP contribution in [0, 0.1) is 0 Å². The Morgan fingerprint density at radius 2 is 2.25 bits per heavy atom. The van der Waals surface area contributed by atoms with Crippen LogP contribution in [-0.4, -0.2) is 37.4 Å². The molecule has 0 aliphatic carbocycles. The number of para-hydroxylation sites is 1. The monoisotopic (exact) mass is 221 g/mol. The number of rotatable bonds is 3.